The van der Waals surface area contributed by atoms with Crippen LogP contribution in [0.1, 0.15) is 5.56 Å². The first-order valence-corrected chi connectivity index (χ1v) is 6.19. The fourth-order valence-corrected chi connectivity index (χ4v) is 2.42. The molecule has 0 fully saturated rings. The van der Waals surface area contributed by atoms with Crippen molar-refractivity contribution in [3.63, 3.8) is 0 Å². The number of hydrogen-bond acceptors (Lipinski definition) is 1. The maximum absolute atomic E-state index is 6.17. The van der Waals surface area contributed by atoms with Crippen LogP contribution in [0.3, 0.4) is 0 Å². The minimum Gasteiger partial charge on any atom is -0.0777 e. The van der Waals surface area contributed by atoms with Crippen LogP contribution in [-0.2, 0) is 0 Å². The van der Waals surface area contributed by atoms with Crippen LogP contribution in [-0.4, -0.2) is 0 Å². The summed E-state index contributed by atoms with van der Waals surface area (Å²) in [6.45, 7) is 0. The highest BCUT2D eigenvalue weighted by Crippen LogP contribution is 2.30. The van der Waals surface area contributed by atoms with Gasteiger partial charge in [0.05, 0.1) is 4.36 Å². The van der Waals surface area contributed by atoms with E-state index in [0.29, 0.717) is 0 Å². The van der Waals surface area contributed by atoms with E-state index in [1.807, 2.05) is 66.7 Å². The fourth-order valence-electron chi connectivity index (χ4n) is 1.31. The van der Waals surface area contributed by atoms with E-state index < -0.39 is 0 Å². The van der Waals surface area contributed by atoms with Crippen molar-refractivity contribution in [1.82, 2.24) is 0 Å². The van der Waals surface area contributed by atoms with Gasteiger partial charge < -0.3 is 0 Å². The second-order valence-corrected chi connectivity index (χ2v) is 5.02. The average molecular weight is 247 g/mol. The summed E-state index contributed by atoms with van der Waals surface area (Å²) in [6.07, 6.45) is 1.97. The van der Waals surface area contributed by atoms with Crippen LogP contribution >= 0.6 is 23.4 Å². The molecule has 0 heterocycles. The molecule has 80 valence electrons. The first-order valence-electron chi connectivity index (χ1n) is 5.00. The quantitative estimate of drug-likeness (QED) is 0.686. The van der Waals surface area contributed by atoms with E-state index in [1.165, 1.54) is 0 Å². The van der Waals surface area contributed by atoms with Crippen LogP contribution in [0, 0.1) is 0 Å². The first kappa shape index (κ1) is 11.3. The molecule has 0 unspecified atom stereocenters. The molecule has 0 saturated carbocycles. The lowest BCUT2D eigenvalue weighted by Crippen LogP contribution is -1.72. The second-order valence-electron chi connectivity index (χ2n) is 3.27. The molecule has 2 aromatic carbocycles. The molecule has 0 bridgehead atoms. The van der Waals surface area contributed by atoms with Gasteiger partial charge in [0.2, 0.25) is 0 Å². The van der Waals surface area contributed by atoms with Crippen LogP contribution in [0.2, 0.25) is 0 Å². The fraction of sp³-hybridized carbons (Fsp3) is 0. The molecule has 0 aliphatic rings. The van der Waals surface area contributed by atoms with E-state index in [2.05, 4.69) is 0 Å². The van der Waals surface area contributed by atoms with Crippen LogP contribution in [0.15, 0.2) is 69.9 Å². The smallest absolute Gasteiger partial charge is 0.0777 e. The summed E-state index contributed by atoms with van der Waals surface area (Å²) in [5.41, 5.74) is 1.12. The minimum absolute atomic E-state index is 0.775. The molecular weight excluding hydrogens is 236 g/mol. The summed E-state index contributed by atoms with van der Waals surface area (Å²) in [7, 11) is 0. The maximum Gasteiger partial charge on any atom is 0.0788 e. The zero-order valence-electron chi connectivity index (χ0n) is 8.64. The monoisotopic (exact) mass is 246 g/mol. The van der Waals surface area contributed by atoms with Gasteiger partial charge in [-0.25, -0.2) is 0 Å². The number of hydrogen-bond donors (Lipinski definition) is 0. The van der Waals surface area contributed by atoms with Crippen molar-refractivity contribution in [2.45, 2.75) is 4.90 Å². The number of benzene rings is 2. The van der Waals surface area contributed by atoms with Crippen molar-refractivity contribution in [3.8, 4) is 0 Å². The largest absolute Gasteiger partial charge is 0.0788 e. The van der Waals surface area contributed by atoms with Gasteiger partial charge in [0, 0.05) is 4.90 Å². The third-order valence-corrected chi connectivity index (χ3v) is 3.20. The Hall–Kier alpha value is -1.18. The van der Waals surface area contributed by atoms with Crippen LogP contribution in [0.4, 0.5) is 0 Å². The van der Waals surface area contributed by atoms with Gasteiger partial charge in [-0.15, -0.1) is 0 Å². The summed E-state index contributed by atoms with van der Waals surface area (Å²) in [6, 6.07) is 20.2. The maximum atomic E-state index is 6.17. The molecular formula is C14H11ClS. The minimum atomic E-state index is 0.775. The number of rotatable bonds is 3. The zero-order valence-corrected chi connectivity index (χ0v) is 10.2. The molecule has 0 saturated heterocycles. The van der Waals surface area contributed by atoms with E-state index in [0.717, 1.165) is 14.8 Å². The van der Waals surface area contributed by atoms with Gasteiger partial charge in [0.25, 0.3) is 0 Å². The Bertz CT molecular complexity index is 463. The Balaban J connectivity index is 2.09. The molecule has 0 spiro atoms. The molecule has 0 amide bonds. The first-order chi connectivity index (χ1) is 7.84. The highest BCUT2D eigenvalue weighted by atomic mass is 35.5. The lowest BCUT2D eigenvalue weighted by Gasteiger charge is -1.99. The van der Waals surface area contributed by atoms with Gasteiger partial charge in [0.15, 0.2) is 0 Å². The lowest BCUT2D eigenvalue weighted by atomic mass is 10.2. The Morgan fingerprint density at radius 1 is 0.875 bits per heavy atom. The highest BCUT2D eigenvalue weighted by Gasteiger charge is 1.96. The standard InChI is InChI=1S/C14H11ClS/c15-14(11-12-7-3-1-4-8-12)16-13-9-5-2-6-10-13/h1-11H/b14-11+. The topological polar surface area (TPSA) is 0 Å². The molecule has 0 N–H and O–H groups in total. The summed E-state index contributed by atoms with van der Waals surface area (Å²) in [4.78, 5) is 1.15. The van der Waals surface area contributed by atoms with Crippen LogP contribution < -0.4 is 0 Å². The zero-order chi connectivity index (χ0) is 11.2. The molecule has 0 nitrogen and oxygen atoms in total. The van der Waals surface area contributed by atoms with Crippen molar-refractivity contribution in [2.75, 3.05) is 0 Å². The molecule has 0 radical (unpaired) electrons. The molecule has 2 aromatic rings. The van der Waals surface area contributed by atoms with E-state index in [4.69, 9.17) is 11.6 Å². The van der Waals surface area contributed by atoms with E-state index >= 15 is 0 Å². The van der Waals surface area contributed by atoms with Gasteiger partial charge >= 0.3 is 0 Å². The SMILES string of the molecule is Cl/C(=C\c1ccccc1)Sc1ccccc1. The van der Waals surface area contributed by atoms with E-state index in [9.17, 15) is 0 Å². The van der Waals surface area contributed by atoms with Crippen molar-refractivity contribution < 1.29 is 0 Å². The van der Waals surface area contributed by atoms with E-state index in [1.54, 1.807) is 11.8 Å². The van der Waals surface area contributed by atoms with Crippen molar-refractivity contribution in [2.24, 2.45) is 0 Å². The molecule has 0 atom stereocenters. The van der Waals surface area contributed by atoms with Crippen molar-refractivity contribution in [3.05, 3.63) is 70.6 Å². The van der Waals surface area contributed by atoms with Gasteiger partial charge in [-0.05, 0) is 23.8 Å². The second kappa shape index (κ2) is 5.78. The summed E-state index contributed by atoms with van der Waals surface area (Å²) >= 11 is 7.74. The lowest BCUT2D eigenvalue weighted by molar-refractivity contribution is 1.47. The molecule has 2 heteroatoms. The summed E-state index contributed by atoms with van der Waals surface area (Å²) < 4.78 is 0.775. The molecule has 0 aliphatic heterocycles. The van der Waals surface area contributed by atoms with E-state index in [-0.39, 0.29) is 0 Å². The molecule has 0 aliphatic carbocycles. The Kier molecular flexibility index (Phi) is 4.09. The van der Waals surface area contributed by atoms with Gasteiger partial charge in [-0.3, -0.25) is 0 Å². The predicted molar refractivity (Wildman–Crippen MR) is 72.6 cm³/mol. The molecule has 2 rings (SSSR count). The normalized spacial score (nSPS) is 11.4. The van der Waals surface area contributed by atoms with Crippen molar-refractivity contribution >= 4 is 29.4 Å². The van der Waals surface area contributed by atoms with Crippen molar-refractivity contribution in [1.29, 1.82) is 0 Å². The average Bonchev–Trinajstić information content (AvgIpc) is 2.31. The van der Waals surface area contributed by atoms with Gasteiger partial charge in [-0.2, -0.15) is 0 Å². The summed E-state index contributed by atoms with van der Waals surface area (Å²) in [5.74, 6) is 0. The predicted octanol–water partition coefficient (Wildman–Crippen LogP) is 5.02. The van der Waals surface area contributed by atoms with Crippen LogP contribution in [0.5, 0.6) is 0 Å². The third-order valence-electron chi connectivity index (χ3n) is 2.04. The number of thioether (sulfide) groups is 1. The Morgan fingerprint density at radius 2 is 1.44 bits per heavy atom. The number of halogens is 1. The van der Waals surface area contributed by atoms with Crippen LogP contribution in [0.25, 0.3) is 6.08 Å². The Labute approximate surface area is 105 Å². The van der Waals surface area contributed by atoms with Gasteiger partial charge in [0.1, 0.15) is 0 Å². The Morgan fingerprint density at radius 3 is 2.06 bits per heavy atom. The highest BCUT2D eigenvalue weighted by molar-refractivity contribution is 8.04. The molecule has 16 heavy (non-hydrogen) atoms. The molecule has 0 aromatic heterocycles. The summed E-state index contributed by atoms with van der Waals surface area (Å²) in [5, 5.41) is 0. The van der Waals surface area contributed by atoms with Gasteiger partial charge in [-0.1, -0.05) is 71.9 Å². The third kappa shape index (κ3) is 3.44.